The van der Waals surface area contributed by atoms with E-state index in [0.29, 0.717) is 18.5 Å². The monoisotopic (exact) mass is 309 g/mol. The Morgan fingerprint density at radius 1 is 1.23 bits per heavy atom. The molecule has 1 amide bonds. The molecule has 0 saturated carbocycles. The zero-order valence-electron chi connectivity index (χ0n) is 13.4. The number of carbonyl (C=O) groups excluding carboxylic acids is 1. The van der Waals surface area contributed by atoms with Crippen LogP contribution in [0.2, 0.25) is 0 Å². The molecule has 4 nitrogen and oxygen atoms in total. The van der Waals surface area contributed by atoms with E-state index in [0.717, 1.165) is 0 Å². The summed E-state index contributed by atoms with van der Waals surface area (Å²) in [6, 6.07) is 6.40. The van der Waals surface area contributed by atoms with Gasteiger partial charge in [-0.25, -0.2) is 4.39 Å². The van der Waals surface area contributed by atoms with Gasteiger partial charge in [-0.3, -0.25) is 9.59 Å². The molecule has 22 heavy (non-hydrogen) atoms. The van der Waals surface area contributed by atoms with Gasteiger partial charge in [0.05, 0.1) is 6.42 Å². The summed E-state index contributed by atoms with van der Waals surface area (Å²) in [7, 11) is 0. The molecule has 0 aliphatic rings. The molecule has 0 saturated heterocycles. The van der Waals surface area contributed by atoms with Gasteiger partial charge in [0.1, 0.15) is 5.82 Å². The minimum atomic E-state index is -0.927. The summed E-state index contributed by atoms with van der Waals surface area (Å²) in [5.41, 5.74) is 0.506. The van der Waals surface area contributed by atoms with Gasteiger partial charge in [-0.2, -0.15) is 0 Å². The van der Waals surface area contributed by atoms with Gasteiger partial charge in [0.15, 0.2) is 0 Å². The molecule has 0 spiro atoms. The van der Waals surface area contributed by atoms with E-state index in [1.165, 1.54) is 6.07 Å². The van der Waals surface area contributed by atoms with Crippen molar-refractivity contribution in [3.05, 3.63) is 35.6 Å². The SMILES string of the molecule is CC(C)CN(CCC(=O)O)C(=O)C(C)Cc1ccccc1F. The molecule has 1 atom stereocenters. The van der Waals surface area contributed by atoms with E-state index in [2.05, 4.69) is 0 Å². The first-order valence-corrected chi connectivity index (χ1v) is 7.55. The van der Waals surface area contributed by atoms with Crippen LogP contribution in [-0.4, -0.2) is 35.0 Å². The summed E-state index contributed by atoms with van der Waals surface area (Å²) in [6.45, 7) is 6.40. The fourth-order valence-corrected chi connectivity index (χ4v) is 2.36. The summed E-state index contributed by atoms with van der Waals surface area (Å²) in [4.78, 5) is 24.8. The second-order valence-electron chi connectivity index (χ2n) is 6.02. The summed E-state index contributed by atoms with van der Waals surface area (Å²) in [5.74, 6) is -1.51. The molecule has 0 aliphatic heterocycles. The van der Waals surface area contributed by atoms with Crippen molar-refractivity contribution in [2.75, 3.05) is 13.1 Å². The highest BCUT2D eigenvalue weighted by Gasteiger charge is 2.22. The highest BCUT2D eigenvalue weighted by Crippen LogP contribution is 2.15. The van der Waals surface area contributed by atoms with Gasteiger partial charge in [-0.15, -0.1) is 0 Å². The van der Waals surface area contributed by atoms with Crippen LogP contribution in [-0.2, 0) is 16.0 Å². The quantitative estimate of drug-likeness (QED) is 0.803. The number of amides is 1. The lowest BCUT2D eigenvalue weighted by molar-refractivity contribution is -0.139. The van der Waals surface area contributed by atoms with E-state index in [1.54, 1.807) is 30.0 Å². The van der Waals surface area contributed by atoms with E-state index in [-0.39, 0.29) is 36.5 Å². The molecule has 0 aliphatic carbocycles. The Labute approximate surface area is 130 Å². The van der Waals surface area contributed by atoms with E-state index < -0.39 is 5.97 Å². The standard InChI is InChI=1S/C17H24FNO3/c1-12(2)11-19(9-8-16(20)21)17(22)13(3)10-14-6-4-5-7-15(14)18/h4-7,12-13H,8-11H2,1-3H3,(H,20,21). The van der Waals surface area contributed by atoms with Crippen LogP contribution >= 0.6 is 0 Å². The number of benzene rings is 1. The zero-order chi connectivity index (χ0) is 16.7. The van der Waals surface area contributed by atoms with Gasteiger partial charge in [-0.1, -0.05) is 39.0 Å². The number of carboxylic acids is 1. The van der Waals surface area contributed by atoms with Crippen molar-refractivity contribution < 1.29 is 19.1 Å². The van der Waals surface area contributed by atoms with E-state index in [4.69, 9.17) is 5.11 Å². The van der Waals surface area contributed by atoms with Crippen LogP contribution in [0.1, 0.15) is 32.8 Å². The normalized spacial score (nSPS) is 12.2. The number of rotatable bonds is 8. The van der Waals surface area contributed by atoms with E-state index >= 15 is 0 Å². The van der Waals surface area contributed by atoms with E-state index in [9.17, 15) is 14.0 Å². The number of hydrogen-bond acceptors (Lipinski definition) is 2. The summed E-state index contributed by atoms with van der Waals surface area (Å²) in [5, 5.41) is 8.80. The smallest absolute Gasteiger partial charge is 0.305 e. The molecular weight excluding hydrogens is 285 g/mol. The molecule has 0 aromatic heterocycles. The highest BCUT2D eigenvalue weighted by atomic mass is 19.1. The molecule has 0 heterocycles. The second-order valence-corrected chi connectivity index (χ2v) is 6.02. The predicted octanol–water partition coefficient (Wildman–Crippen LogP) is 2.96. The fourth-order valence-electron chi connectivity index (χ4n) is 2.36. The van der Waals surface area contributed by atoms with Crippen molar-refractivity contribution in [3.8, 4) is 0 Å². The van der Waals surface area contributed by atoms with E-state index in [1.807, 2.05) is 13.8 Å². The van der Waals surface area contributed by atoms with Gasteiger partial charge in [-0.05, 0) is 24.0 Å². The van der Waals surface area contributed by atoms with Crippen molar-refractivity contribution in [1.82, 2.24) is 4.90 Å². The molecule has 1 aromatic carbocycles. The van der Waals surface area contributed by atoms with Crippen molar-refractivity contribution >= 4 is 11.9 Å². The van der Waals surface area contributed by atoms with Crippen LogP contribution in [0.5, 0.6) is 0 Å². The van der Waals surface area contributed by atoms with Crippen LogP contribution in [0.4, 0.5) is 4.39 Å². The Bertz CT molecular complexity index is 516. The summed E-state index contributed by atoms with van der Waals surface area (Å²) in [6.07, 6.45) is 0.234. The lowest BCUT2D eigenvalue weighted by Crippen LogP contribution is -2.39. The van der Waals surface area contributed by atoms with Crippen molar-refractivity contribution in [1.29, 1.82) is 0 Å². The Morgan fingerprint density at radius 2 is 1.86 bits per heavy atom. The maximum atomic E-state index is 13.7. The summed E-state index contributed by atoms with van der Waals surface area (Å²) < 4.78 is 13.7. The molecule has 1 N–H and O–H groups in total. The number of halogens is 1. The maximum Gasteiger partial charge on any atom is 0.305 e. The zero-order valence-corrected chi connectivity index (χ0v) is 13.4. The molecule has 5 heteroatoms. The molecular formula is C17H24FNO3. The Kier molecular flexibility index (Phi) is 7.02. The average Bonchev–Trinajstić information content (AvgIpc) is 2.44. The Hall–Kier alpha value is -1.91. The number of aliphatic carboxylic acids is 1. The third-order valence-electron chi connectivity index (χ3n) is 3.40. The number of nitrogens with zero attached hydrogens (tertiary/aromatic N) is 1. The van der Waals surface area contributed by atoms with Crippen LogP contribution < -0.4 is 0 Å². The lowest BCUT2D eigenvalue weighted by atomic mass is 9.98. The van der Waals surface area contributed by atoms with Crippen molar-refractivity contribution in [2.45, 2.75) is 33.6 Å². The number of carbonyl (C=O) groups is 2. The second kappa shape index (κ2) is 8.51. The first-order chi connectivity index (χ1) is 10.3. The summed E-state index contributed by atoms with van der Waals surface area (Å²) >= 11 is 0. The Morgan fingerprint density at radius 3 is 2.41 bits per heavy atom. The average molecular weight is 309 g/mol. The number of carboxylic acid groups (broad SMARTS) is 1. The van der Waals surface area contributed by atoms with Crippen LogP contribution in [0, 0.1) is 17.7 Å². The van der Waals surface area contributed by atoms with Gasteiger partial charge in [0, 0.05) is 19.0 Å². The van der Waals surface area contributed by atoms with Gasteiger partial charge in [0.2, 0.25) is 5.91 Å². The molecule has 122 valence electrons. The molecule has 0 radical (unpaired) electrons. The van der Waals surface area contributed by atoms with Crippen LogP contribution in [0.3, 0.4) is 0 Å². The molecule has 1 unspecified atom stereocenters. The Balaban J connectivity index is 2.74. The molecule has 0 bridgehead atoms. The number of hydrogen-bond donors (Lipinski definition) is 1. The van der Waals surface area contributed by atoms with Gasteiger partial charge < -0.3 is 10.0 Å². The van der Waals surface area contributed by atoms with Crippen molar-refractivity contribution in [3.63, 3.8) is 0 Å². The highest BCUT2D eigenvalue weighted by molar-refractivity contribution is 5.79. The minimum Gasteiger partial charge on any atom is -0.481 e. The van der Waals surface area contributed by atoms with Gasteiger partial charge in [0.25, 0.3) is 0 Å². The van der Waals surface area contributed by atoms with Gasteiger partial charge >= 0.3 is 5.97 Å². The topological polar surface area (TPSA) is 57.6 Å². The lowest BCUT2D eigenvalue weighted by Gasteiger charge is -2.27. The largest absolute Gasteiger partial charge is 0.481 e. The predicted molar refractivity (Wildman–Crippen MR) is 82.9 cm³/mol. The molecule has 1 aromatic rings. The van der Waals surface area contributed by atoms with Crippen molar-refractivity contribution in [2.24, 2.45) is 11.8 Å². The fraction of sp³-hybridized carbons (Fsp3) is 0.529. The van der Waals surface area contributed by atoms with Crippen LogP contribution in [0.15, 0.2) is 24.3 Å². The third-order valence-corrected chi connectivity index (χ3v) is 3.40. The first kappa shape index (κ1) is 18.1. The maximum absolute atomic E-state index is 13.7. The molecule has 1 rings (SSSR count). The molecule has 0 fully saturated rings. The van der Waals surface area contributed by atoms with Crippen LogP contribution in [0.25, 0.3) is 0 Å². The first-order valence-electron chi connectivity index (χ1n) is 7.55. The minimum absolute atomic E-state index is 0.0785. The third kappa shape index (κ3) is 5.84.